The predicted molar refractivity (Wildman–Crippen MR) is 49.3 cm³/mol. The van der Waals surface area contributed by atoms with Gasteiger partial charge < -0.3 is 5.11 Å². The molecular formula is C9H13NOS. The minimum Gasteiger partial charge on any atom is -0.393 e. The number of hydrogen-bond donors (Lipinski definition) is 1. The minimum atomic E-state index is -0.0999. The van der Waals surface area contributed by atoms with Gasteiger partial charge in [0.2, 0.25) is 0 Å². The first-order valence-electron chi connectivity index (χ1n) is 4.37. The Labute approximate surface area is 76.4 Å². The van der Waals surface area contributed by atoms with Crippen molar-refractivity contribution in [2.45, 2.75) is 31.8 Å². The maximum absolute atomic E-state index is 9.55. The molecule has 3 atom stereocenters. The van der Waals surface area contributed by atoms with E-state index in [1.54, 1.807) is 11.5 Å². The van der Waals surface area contributed by atoms with Crippen LogP contribution in [-0.4, -0.2) is 15.6 Å². The zero-order valence-electron chi connectivity index (χ0n) is 7.10. The second-order valence-corrected chi connectivity index (χ2v) is 4.39. The van der Waals surface area contributed by atoms with Crippen molar-refractivity contribution in [3.05, 3.63) is 17.1 Å². The van der Waals surface area contributed by atoms with E-state index in [0.29, 0.717) is 11.8 Å². The SMILES string of the molecule is CC1C(O)CCC1c1ccns1. The molecule has 0 spiro atoms. The smallest absolute Gasteiger partial charge is 0.0572 e. The van der Waals surface area contributed by atoms with Crippen molar-refractivity contribution < 1.29 is 5.11 Å². The zero-order chi connectivity index (χ0) is 8.55. The summed E-state index contributed by atoms with van der Waals surface area (Å²) in [5, 5.41) is 9.55. The highest BCUT2D eigenvalue weighted by atomic mass is 32.1. The summed E-state index contributed by atoms with van der Waals surface area (Å²) in [5.74, 6) is 0.956. The molecule has 1 aromatic heterocycles. The number of aromatic nitrogens is 1. The van der Waals surface area contributed by atoms with Crippen LogP contribution in [0.1, 0.15) is 30.6 Å². The molecule has 0 aliphatic heterocycles. The average molecular weight is 183 g/mol. The van der Waals surface area contributed by atoms with Crippen LogP contribution < -0.4 is 0 Å². The molecule has 1 aromatic rings. The number of rotatable bonds is 1. The lowest BCUT2D eigenvalue weighted by molar-refractivity contribution is 0.137. The van der Waals surface area contributed by atoms with Crippen molar-refractivity contribution in [1.82, 2.24) is 4.37 Å². The van der Waals surface area contributed by atoms with Crippen LogP contribution in [0.25, 0.3) is 0 Å². The molecule has 0 bridgehead atoms. The first kappa shape index (κ1) is 8.20. The summed E-state index contributed by atoms with van der Waals surface area (Å²) in [6.07, 6.45) is 3.81. The van der Waals surface area contributed by atoms with E-state index in [2.05, 4.69) is 17.4 Å². The molecule has 1 fully saturated rings. The van der Waals surface area contributed by atoms with Crippen LogP contribution in [0.15, 0.2) is 12.3 Å². The summed E-state index contributed by atoms with van der Waals surface area (Å²) >= 11 is 1.56. The van der Waals surface area contributed by atoms with Crippen molar-refractivity contribution in [3.8, 4) is 0 Å². The van der Waals surface area contributed by atoms with E-state index in [-0.39, 0.29) is 6.10 Å². The van der Waals surface area contributed by atoms with Gasteiger partial charge in [0.05, 0.1) is 6.10 Å². The molecule has 0 amide bonds. The molecule has 0 saturated heterocycles. The highest BCUT2D eigenvalue weighted by Gasteiger charge is 2.32. The highest BCUT2D eigenvalue weighted by molar-refractivity contribution is 7.05. The first-order valence-corrected chi connectivity index (χ1v) is 5.15. The van der Waals surface area contributed by atoms with Crippen LogP contribution >= 0.6 is 11.5 Å². The van der Waals surface area contributed by atoms with Crippen LogP contribution in [-0.2, 0) is 0 Å². The van der Waals surface area contributed by atoms with E-state index in [0.717, 1.165) is 12.8 Å². The topological polar surface area (TPSA) is 33.1 Å². The Bertz CT molecular complexity index is 247. The molecule has 12 heavy (non-hydrogen) atoms. The highest BCUT2D eigenvalue weighted by Crippen LogP contribution is 2.40. The molecule has 3 heteroatoms. The molecule has 1 aliphatic carbocycles. The van der Waals surface area contributed by atoms with Crippen LogP contribution in [0.3, 0.4) is 0 Å². The van der Waals surface area contributed by atoms with Crippen LogP contribution in [0, 0.1) is 5.92 Å². The summed E-state index contributed by atoms with van der Waals surface area (Å²) in [4.78, 5) is 1.33. The second-order valence-electron chi connectivity index (χ2n) is 3.53. The van der Waals surface area contributed by atoms with Crippen molar-refractivity contribution in [2.75, 3.05) is 0 Å². The first-order chi connectivity index (χ1) is 5.79. The lowest BCUT2D eigenvalue weighted by atomic mass is 9.96. The molecule has 0 radical (unpaired) electrons. The third-order valence-electron chi connectivity index (χ3n) is 2.84. The predicted octanol–water partition coefficient (Wildman–Crippen LogP) is 2.02. The molecule has 1 saturated carbocycles. The number of aliphatic hydroxyl groups excluding tert-OH is 1. The van der Waals surface area contributed by atoms with E-state index >= 15 is 0 Å². The van der Waals surface area contributed by atoms with Gasteiger partial charge in [-0.3, -0.25) is 0 Å². The molecular weight excluding hydrogens is 170 g/mol. The molecule has 3 unspecified atom stereocenters. The van der Waals surface area contributed by atoms with E-state index < -0.39 is 0 Å². The summed E-state index contributed by atoms with van der Waals surface area (Å²) in [6.45, 7) is 2.13. The molecule has 2 nitrogen and oxygen atoms in total. The van der Waals surface area contributed by atoms with Crippen molar-refractivity contribution in [1.29, 1.82) is 0 Å². The molecule has 2 rings (SSSR count). The van der Waals surface area contributed by atoms with Crippen molar-refractivity contribution in [3.63, 3.8) is 0 Å². The molecule has 1 heterocycles. The summed E-state index contributed by atoms with van der Waals surface area (Å²) < 4.78 is 4.09. The van der Waals surface area contributed by atoms with Crippen LogP contribution in [0.5, 0.6) is 0 Å². The van der Waals surface area contributed by atoms with E-state index in [4.69, 9.17) is 0 Å². The third-order valence-corrected chi connectivity index (χ3v) is 3.72. The average Bonchev–Trinajstić information content (AvgIpc) is 2.64. The molecule has 0 aromatic carbocycles. The van der Waals surface area contributed by atoms with Gasteiger partial charge >= 0.3 is 0 Å². The lowest BCUT2D eigenvalue weighted by Gasteiger charge is -2.14. The van der Waals surface area contributed by atoms with E-state index in [1.807, 2.05) is 6.20 Å². The van der Waals surface area contributed by atoms with Gasteiger partial charge in [-0.2, -0.15) is 0 Å². The quantitative estimate of drug-likeness (QED) is 0.722. The van der Waals surface area contributed by atoms with Crippen molar-refractivity contribution >= 4 is 11.5 Å². The van der Waals surface area contributed by atoms with Gasteiger partial charge in [0.1, 0.15) is 0 Å². The van der Waals surface area contributed by atoms with Gasteiger partial charge in [-0.15, -0.1) is 0 Å². The Morgan fingerprint density at radius 3 is 2.92 bits per heavy atom. The molecule has 1 aliphatic rings. The Balaban J connectivity index is 2.16. The second kappa shape index (κ2) is 3.15. The number of aliphatic hydroxyl groups is 1. The molecule has 66 valence electrons. The molecule has 1 N–H and O–H groups in total. The third kappa shape index (κ3) is 1.27. The van der Waals surface area contributed by atoms with Gasteiger partial charge in [0.15, 0.2) is 0 Å². The van der Waals surface area contributed by atoms with Gasteiger partial charge in [-0.25, -0.2) is 4.37 Å². The fourth-order valence-electron chi connectivity index (χ4n) is 1.96. The van der Waals surface area contributed by atoms with Crippen LogP contribution in [0.4, 0.5) is 0 Å². The fraction of sp³-hybridized carbons (Fsp3) is 0.667. The Morgan fingerprint density at radius 1 is 1.58 bits per heavy atom. The normalized spacial score (nSPS) is 35.7. The lowest BCUT2D eigenvalue weighted by Crippen LogP contribution is -2.13. The minimum absolute atomic E-state index is 0.0999. The summed E-state index contributed by atoms with van der Waals surface area (Å²) in [7, 11) is 0. The van der Waals surface area contributed by atoms with Crippen molar-refractivity contribution in [2.24, 2.45) is 5.92 Å². The summed E-state index contributed by atoms with van der Waals surface area (Å²) in [5.41, 5.74) is 0. The van der Waals surface area contributed by atoms with Gasteiger partial charge in [0.25, 0.3) is 0 Å². The van der Waals surface area contributed by atoms with Gasteiger partial charge in [0, 0.05) is 11.1 Å². The van der Waals surface area contributed by atoms with Gasteiger partial charge in [-0.1, -0.05) is 6.92 Å². The monoisotopic (exact) mass is 183 g/mol. The van der Waals surface area contributed by atoms with Gasteiger partial charge in [-0.05, 0) is 42.3 Å². The fourth-order valence-corrected chi connectivity index (χ4v) is 2.80. The standard InChI is InChI=1S/C9H13NOS/c1-6-7(2-3-8(6)11)9-4-5-10-12-9/h4-8,11H,2-3H2,1H3. The summed E-state index contributed by atoms with van der Waals surface area (Å²) in [6, 6.07) is 2.07. The zero-order valence-corrected chi connectivity index (χ0v) is 7.92. The maximum atomic E-state index is 9.55. The van der Waals surface area contributed by atoms with E-state index in [9.17, 15) is 5.11 Å². The maximum Gasteiger partial charge on any atom is 0.0572 e. The Hall–Kier alpha value is -0.410. The largest absolute Gasteiger partial charge is 0.393 e. The number of nitrogens with zero attached hydrogens (tertiary/aromatic N) is 1. The Morgan fingerprint density at radius 2 is 2.42 bits per heavy atom. The Kier molecular flexibility index (Phi) is 2.15. The van der Waals surface area contributed by atoms with Crippen LogP contribution in [0.2, 0.25) is 0 Å². The van der Waals surface area contributed by atoms with E-state index in [1.165, 1.54) is 4.88 Å². The number of hydrogen-bond acceptors (Lipinski definition) is 3.